The van der Waals surface area contributed by atoms with Crippen LogP contribution in [0.3, 0.4) is 0 Å². The summed E-state index contributed by atoms with van der Waals surface area (Å²) < 4.78 is 0. The monoisotopic (exact) mass is 118 g/mol. The fourth-order valence-corrected chi connectivity index (χ4v) is 0.300. The van der Waals surface area contributed by atoms with Gasteiger partial charge < -0.3 is 0 Å². The topological polar surface area (TPSA) is 17.1 Å². The van der Waals surface area contributed by atoms with E-state index in [1.807, 2.05) is 6.92 Å². The molecule has 2 heteroatoms. The highest BCUT2D eigenvalue weighted by Gasteiger charge is 1.79. The molecule has 0 radical (unpaired) electrons. The van der Waals surface area contributed by atoms with Crippen molar-refractivity contribution in [2.24, 2.45) is 0 Å². The average Bonchev–Trinajstić information content (AvgIpc) is 1.61. The van der Waals surface area contributed by atoms with E-state index in [1.54, 1.807) is 6.08 Å². The van der Waals surface area contributed by atoms with E-state index in [2.05, 4.69) is 0 Å². The highest BCUT2D eigenvalue weighted by molar-refractivity contribution is 6.66. The quantitative estimate of drug-likeness (QED) is 0.399. The first kappa shape index (κ1) is 6.70. The van der Waals surface area contributed by atoms with Crippen LogP contribution in [0.4, 0.5) is 0 Å². The summed E-state index contributed by atoms with van der Waals surface area (Å²) in [6.07, 6.45) is 3.93. The van der Waals surface area contributed by atoms with Crippen LogP contribution >= 0.6 is 11.6 Å². The summed E-state index contributed by atoms with van der Waals surface area (Å²) in [6, 6.07) is 0. The molecule has 0 unspecified atom stereocenters. The molecule has 0 aliphatic heterocycles. The van der Waals surface area contributed by atoms with E-state index >= 15 is 0 Å². The summed E-state index contributed by atoms with van der Waals surface area (Å²) in [6.45, 7) is 1.94. The van der Waals surface area contributed by atoms with Crippen LogP contribution in [0.5, 0.6) is 0 Å². The second-order valence-corrected chi connectivity index (χ2v) is 1.49. The maximum atomic E-state index is 9.88. The van der Waals surface area contributed by atoms with Crippen LogP contribution in [-0.2, 0) is 4.79 Å². The largest absolute Gasteiger partial charge is 0.276 e. The minimum absolute atomic E-state index is 0.401. The maximum absolute atomic E-state index is 9.88. The fraction of sp³-hybridized carbons (Fsp3) is 0.400. The highest BCUT2D eigenvalue weighted by Crippen LogP contribution is 1.83. The van der Waals surface area contributed by atoms with Gasteiger partial charge in [-0.25, -0.2) is 0 Å². The molecule has 0 aromatic heterocycles. The highest BCUT2D eigenvalue weighted by atomic mass is 35.5. The number of allylic oxidation sites excluding steroid dienone is 2. The van der Waals surface area contributed by atoms with Gasteiger partial charge in [0.15, 0.2) is 0 Å². The molecule has 0 bridgehead atoms. The standard InChI is InChI=1S/C5H7ClO/c1-2-3-4-5(6)7/h3-4H,2H2,1H3/b4-3+. The lowest BCUT2D eigenvalue weighted by Crippen LogP contribution is -1.72. The SMILES string of the molecule is CC/C=C/C(=O)Cl. The van der Waals surface area contributed by atoms with Crippen molar-refractivity contribution >= 4 is 16.8 Å². The molecule has 40 valence electrons. The molecule has 0 fully saturated rings. The van der Waals surface area contributed by atoms with E-state index < -0.39 is 5.24 Å². The van der Waals surface area contributed by atoms with Gasteiger partial charge in [0.05, 0.1) is 0 Å². The molecule has 0 heterocycles. The first-order chi connectivity index (χ1) is 3.27. The number of hydrogen-bond donors (Lipinski definition) is 0. The van der Waals surface area contributed by atoms with Gasteiger partial charge in [-0.05, 0) is 24.1 Å². The smallest absolute Gasteiger partial charge is 0.244 e. The summed E-state index contributed by atoms with van der Waals surface area (Å²) >= 11 is 4.93. The van der Waals surface area contributed by atoms with Crippen LogP contribution in [-0.4, -0.2) is 5.24 Å². The van der Waals surface area contributed by atoms with E-state index in [1.165, 1.54) is 6.08 Å². The zero-order valence-electron chi connectivity index (χ0n) is 4.15. The predicted octanol–water partition coefficient (Wildman–Crippen LogP) is 1.72. The second-order valence-electron chi connectivity index (χ2n) is 1.11. The number of halogens is 1. The van der Waals surface area contributed by atoms with E-state index in [0.717, 1.165) is 6.42 Å². The fourth-order valence-electron chi connectivity index (χ4n) is 0.211. The number of hydrogen-bond acceptors (Lipinski definition) is 1. The molecule has 0 aromatic rings. The molecular formula is C5H7ClO. The van der Waals surface area contributed by atoms with E-state index in [9.17, 15) is 4.79 Å². The first-order valence-corrected chi connectivity index (χ1v) is 2.51. The lowest BCUT2D eigenvalue weighted by atomic mass is 10.4. The zero-order chi connectivity index (χ0) is 5.70. The number of carbonyl (C=O) groups is 1. The lowest BCUT2D eigenvalue weighted by Gasteiger charge is -1.71. The Morgan fingerprint density at radius 3 is 2.57 bits per heavy atom. The van der Waals surface area contributed by atoms with Crippen molar-refractivity contribution < 1.29 is 4.79 Å². The van der Waals surface area contributed by atoms with Crippen LogP contribution in [0.15, 0.2) is 12.2 Å². The second kappa shape index (κ2) is 3.88. The molecule has 0 aliphatic rings. The number of carbonyl (C=O) groups excluding carboxylic acids is 1. The van der Waals surface area contributed by atoms with Gasteiger partial charge in [-0.15, -0.1) is 0 Å². The van der Waals surface area contributed by atoms with Gasteiger partial charge in [0.25, 0.3) is 0 Å². The van der Waals surface area contributed by atoms with Gasteiger partial charge in [-0.1, -0.05) is 13.0 Å². The molecular weight excluding hydrogens is 112 g/mol. The van der Waals surface area contributed by atoms with Crippen LogP contribution in [0.25, 0.3) is 0 Å². The molecule has 0 saturated heterocycles. The average molecular weight is 119 g/mol. The Bertz CT molecular complexity index is 86.1. The van der Waals surface area contributed by atoms with Gasteiger partial charge in [0.2, 0.25) is 5.24 Å². The van der Waals surface area contributed by atoms with E-state index in [-0.39, 0.29) is 0 Å². The Kier molecular flexibility index (Phi) is 3.71. The van der Waals surface area contributed by atoms with Gasteiger partial charge in [-0.3, -0.25) is 4.79 Å². The summed E-state index contributed by atoms with van der Waals surface area (Å²) in [5, 5.41) is -0.401. The normalized spacial score (nSPS) is 10.0. The summed E-state index contributed by atoms with van der Waals surface area (Å²) in [5.41, 5.74) is 0. The zero-order valence-corrected chi connectivity index (χ0v) is 4.90. The van der Waals surface area contributed by atoms with Gasteiger partial charge in [-0.2, -0.15) is 0 Å². The molecule has 0 N–H and O–H groups in total. The molecule has 1 nitrogen and oxygen atoms in total. The molecule has 0 rings (SSSR count). The Morgan fingerprint density at radius 2 is 2.43 bits per heavy atom. The van der Waals surface area contributed by atoms with E-state index in [0.29, 0.717) is 0 Å². The Balaban J connectivity index is 3.26. The van der Waals surface area contributed by atoms with E-state index in [4.69, 9.17) is 11.6 Å². The van der Waals surface area contributed by atoms with Gasteiger partial charge in [0.1, 0.15) is 0 Å². The van der Waals surface area contributed by atoms with Crippen molar-refractivity contribution in [3.8, 4) is 0 Å². The van der Waals surface area contributed by atoms with Crippen LogP contribution in [0.1, 0.15) is 13.3 Å². The third-order valence-electron chi connectivity index (χ3n) is 0.485. The number of rotatable bonds is 2. The Morgan fingerprint density at radius 1 is 1.86 bits per heavy atom. The molecule has 0 saturated carbocycles. The molecule has 7 heavy (non-hydrogen) atoms. The van der Waals surface area contributed by atoms with Crippen molar-refractivity contribution in [3.63, 3.8) is 0 Å². The summed E-state index contributed by atoms with van der Waals surface area (Å²) in [5.74, 6) is 0. The molecule has 0 amide bonds. The van der Waals surface area contributed by atoms with Crippen LogP contribution in [0.2, 0.25) is 0 Å². The van der Waals surface area contributed by atoms with Crippen molar-refractivity contribution in [1.29, 1.82) is 0 Å². The Hall–Kier alpha value is -0.300. The molecule has 0 atom stereocenters. The Labute approximate surface area is 48.0 Å². The molecule has 0 aliphatic carbocycles. The van der Waals surface area contributed by atoms with Crippen molar-refractivity contribution in [2.45, 2.75) is 13.3 Å². The van der Waals surface area contributed by atoms with Crippen molar-refractivity contribution in [2.75, 3.05) is 0 Å². The van der Waals surface area contributed by atoms with Crippen molar-refractivity contribution in [1.82, 2.24) is 0 Å². The van der Waals surface area contributed by atoms with Crippen LogP contribution in [0, 0.1) is 0 Å². The maximum Gasteiger partial charge on any atom is 0.244 e. The minimum Gasteiger partial charge on any atom is -0.276 e. The minimum atomic E-state index is -0.401. The summed E-state index contributed by atoms with van der Waals surface area (Å²) in [4.78, 5) is 9.88. The first-order valence-electron chi connectivity index (χ1n) is 2.13. The predicted molar refractivity (Wildman–Crippen MR) is 30.3 cm³/mol. The van der Waals surface area contributed by atoms with Gasteiger partial charge >= 0.3 is 0 Å². The van der Waals surface area contributed by atoms with Gasteiger partial charge in [0, 0.05) is 0 Å². The van der Waals surface area contributed by atoms with Crippen LogP contribution < -0.4 is 0 Å². The molecule has 0 spiro atoms. The third kappa shape index (κ3) is 5.70. The van der Waals surface area contributed by atoms with Crippen molar-refractivity contribution in [3.05, 3.63) is 12.2 Å². The third-order valence-corrected chi connectivity index (χ3v) is 0.611. The molecule has 0 aromatic carbocycles. The summed E-state index contributed by atoms with van der Waals surface area (Å²) in [7, 11) is 0. The lowest BCUT2D eigenvalue weighted by molar-refractivity contribution is -0.107.